The molecule has 0 saturated carbocycles. The standard InChI is InChI=1S/C19H23FN2O3S/c1-22(26(2,24)25)13-12-21-19(23)14-17(15-8-4-3-5-9-15)16-10-6-7-11-18(16)20/h3-11,17H,12-14H2,1-2H3,(H,21,23). The van der Waals surface area contributed by atoms with Gasteiger partial charge in [0.25, 0.3) is 0 Å². The third-order valence-corrected chi connectivity index (χ3v) is 5.50. The first-order valence-corrected chi connectivity index (χ1v) is 10.1. The zero-order valence-corrected chi connectivity index (χ0v) is 15.7. The van der Waals surface area contributed by atoms with E-state index in [1.807, 2.05) is 30.3 Å². The van der Waals surface area contributed by atoms with Gasteiger partial charge in [-0.05, 0) is 17.2 Å². The molecular weight excluding hydrogens is 355 g/mol. The molecular formula is C19H23FN2O3S. The third kappa shape index (κ3) is 5.64. The molecule has 1 atom stereocenters. The molecule has 7 heteroatoms. The van der Waals surface area contributed by atoms with E-state index in [-0.39, 0.29) is 31.2 Å². The maximum Gasteiger partial charge on any atom is 0.220 e. The Morgan fingerprint density at radius 2 is 1.73 bits per heavy atom. The molecule has 0 fully saturated rings. The van der Waals surface area contributed by atoms with Crippen LogP contribution in [0.5, 0.6) is 0 Å². The summed E-state index contributed by atoms with van der Waals surface area (Å²) in [5, 5.41) is 2.71. The average Bonchev–Trinajstić information content (AvgIpc) is 2.60. The number of carbonyl (C=O) groups excluding carboxylic acids is 1. The van der Waals surface area contributed by atoms with Crippen molar-refractivity contribution in [2.24, 2.45) is 0 Å². The van der Waals surface area contributed by atoms with Gasteiger partial charge >= 0.3 is 0 Å². The fraction of sp³-hybridized carbons (Fsp3) is 0.316. The van der Waals surface area contributed by atoms with Gasteiger partial charge < -0.3 is 5.32 Å². The van der Waals surface area contributed by atoms with Gasteiger partial charge in [0, 0.05) is 32.5 Å². The molecule has 2 rings (SSSR count). The third-order valence-electron chi connectivity index (χ3n) is 4.19. The van der Waals surface area contributed by atoms with Crippen molar-refractivity contribution < 1.29 is 17.6 Å². The van der Waals surface area contributed by atoms with E-state index >= 15 is 0 Å². The van der Waals surface area contributed by atoms with Crippen molar-refractivity contribution in [3.63, 3.8) is 0 Å². The van der Waals surface area contributed by atoms with Crippen molar-refractivity contribution in [1.82, 2.24) is 9.62 Å². The lowest BCUT2D eigenvalue weighted by Crippen LogP contribution is -2.36. The zero-order chi connectivity index (χ0) is 19.2. The number of benzene rings is 2. The molecule has 0 aliphatic heterocycles. The summed E-state index contributed by atoms with van der Waals surface area (Å²) in [6, 6.07) is 15.7. The Hall–Kier alpha value is -2.25. The van der Waals surface area contributed by atoms with Gasteiger partial charge in [-0.25, -0.2) is 17.1 Å². The molecule has 5 nitrogen and oxygen atoms in total. The van der Waals surface area contributed by atoms with Crippen molar-refractivity contribution in [2.75, 3.05) is 26.4 Å². The van der Waals surface area contributed by atoms with E-state index in [4.69, 9.17) is 0 Å². The van der Waals surface area contributed by atoms with Crippen LogP contribution in [-0.2, 0) is 14.8 Å². The summed E-state index contributed by atoms with van der Waals surface area (Å²) in [6.07, 6.45) is 1.19. The highest BCUT2D eigenvalue weighted by atomic mass is 32.2. The van der Waals surface area contributed by atoms with Gasteiger partial charge in [0.15, 0.2) is 0 Å². The molecule has 0 bridgehead atoms. The monoisotopic (exact) mass is 378 g/mol. The SMILES string of the molecule is CN(CCNC(=O)CC(c1ccccc1)c1ccccc1F)S(C)(=O)=O. The van der Waals surface area contributed by atoms with Crippen LogP contribution >= 0.6 is 0 Å². The predicted molar refractivity (Wildman–Crippen MR) is 99.8 cm³/mol. The van der Waals surface area contributed by atoms with E-state index in [9.17, 15) is 17.6 Å². The highest BCUT2D eigenvalue weighted by Crippen LogP contribution is 2.29. The van der Waals surface area contributed by atoms with Crippen molar-refractivity contribution >= 4 is 15.9 Å². The van der Waals surface area contributed by atoms with Gasteiger partial charge in [-0.15, -0.1) is 0 Å². The first kappa shape index (κ1) is 20.1. The second-order valence-electron chi connectivity index (χ2n) is 6.12. The molecule has 1 unspecified atom stereocenters. The van der Waals surface area contributed by atoms with Crippen LogP contribution in [0.3, 0.4) is 0 Å². The molecule has 0 aromatic heterocycles. The number of carbonyl (C=O) groups is 1. The smallest absolute Gasteiger partial charge is 0.220 e. The van der Waals surface area contributed by atoms with Gasteiger partial charge in [0.2, 0.25) is 15.9 Å². The molecule has 2 aromatic carbocycles. The predicted octanol–water partition coefficient (Wildman–Crippen LogP) is 2.36. The van der Waals surface area contributed by atoms with Crippen LogP contribution in [0.4, 0.5) is 4.39 Å². The van der Waals surface area contributed by atoms with Crippen LogP contribution in [0.15, 0.2) is 54.6 Å². The van der Waals surface area contributed by atoms with E-state index in [2.05, 4.69) is 5.32 Å². The highest BCUT2D eigenvalue weighted by molar-refractivity contribution is 7.88. The fourth-order valence-electron chi connectivity index (χ4n) is 2.63. The molecule has 1 amide bonds. The van der Waals surface area contributed by atoms with Crippen molar-refractivity contribution in [3.8, 4) is 0 Å². The number of hydrogen-bond acceptors (Lipinski definition) is 3. The number of nitrogens with one attached hydrogen (secondary N) is 1. The van der Waals surface area contributed by atoms with E-state index < -0.39 is 15.9 Å². The lowest BCUT2D eigenvalue weighted by molar-refractivity contribution is -0.121. The van der Waals surface area contributed by atoms with E-state index in [1.165, 1.54) is 17.4 Å². The molecule has 0 heterocycles. The quantitative estimate of drug-likeness (QED) is 0.767. The van der Waals surface area contributed by atoms with E-state index in [0.29, 0.717) is 5.56 Å². The normalized spacial score (nSPS) is 12.8. The van der Waals surface area contributed by atoms with Gasteiger partial charge in [0.1, 0.15) is 5.82 Å². The Morgan fingerprint density at radius 3 is 2.35 bits per heavy atom. The molecule has 140 valence electrons. The summed E-state index contributed by atoms with van der Waals surface area (Å²) >= 11 is 0. The summed E-state index contributed by atoms with van der Waals surface area (Å²) in [4.78, 5) is 12.3. The second-order valence-corrected chi connectivity index (χ2v) is 8.21. The van der Waals surface area contributed by atoms with E-state index in [0.717, 1.165) is 11.8 Å². The molecule has 0 aliphatic rings. The minimum absolute atomic E-state index is 0.0769. The maximum atomic E-state index is 14.3. The van der Waals surface area contributed by atoms with Crippen LogP contribution in [0.2, 0.25) is 0 Å². The Kier molecular flexibility index (Phi) is 6.88. The lowest BCUT2D eigenvalue weighted by atomic mass is 9.88. The van der Waals surface area contributed by atoms with Gasteiger partial charge in [-0.1, -0.05) is 48.5 Å². The fourth-order valence-corrected chi connectivity index (χ4v) is 3.05. The lowest BCUT2D eigenvalue weighted by Gasteiger charge is -2.19. The van der Waals surface area contributed by atoms with Gasteiger partial charge in [-0.3, -0.25) is 4.79 Å². The van der Waals surface area contributed by atoms with Crippen LogP contribution in [-0.4, -0.2) is 45.0 Å². The number of sulfonamides is 1. The number of halogens is 1. The van der Waals surface area contributed by atoms with E-state index in [1.54, 1.807) is 18.2 Å². The first-order valence-electron chi connectivity index (χ1n) is 8.26. The molecule has 0 radical (unpaired) electrons. The highest BCUT2D eigenvalue weighted by Gasteiger charge is 2.21. The summed E-state index contributed by atoms with van der Waals surface area (Å²) in [5.74, 6) is -1.03. The topological polar surface area (TPSA) is 66.5 Å². The Morgan fingerprint density at radius 1 is 1.12 bits per heavy atom. The number of amides is 1. The molecule has 0 saturated heterocycles. The van der Waals surface area contributed by atoms with Crippen LogP contribution in [0.1, 0.15) is 23.5 Å². The maximum absolute atomic E-state index is 14.3. The van der Waals surface area contributed by atoms with Crippen molar-refractivity contribution in [2.45, 2.75) is 12.3 Å². The minimum Gasteiger partial charge on any atom is -0.355 e. The summed E-state index contributed by atoms with van der Waals surface area (Å²) in [6.45, 7) is 0.376. The number of rotatable bonds is 8. The number of hydrogen-bond donors (Lipinski definition) is 1. The number of likely N-dealkylation sites (N-methyl/N-ethyl adjacent to an activating group) is 1. The Balaban J connectivity index is 2.08. The Labute approximate surface area is 153 Å². The molecule has 1 N–H and O–H groups in total. The van der Waals surface area contributed by atoms with Crippen LogP contribution in [0, 0.1) is 5.82 Å². The Bertz CT molecular complexity index is 841. The molecule has 0 aliphatic carbocycles. The van der Waals surface area contributed by atoms with Crippen LogP contribution < -0.4 is 5.32 Å². The minimum atomic E-state index is -3.28. The molecule has 26 heavy (non-hydrogen) atoms. The molecule has 2 aromatic rings. The van der Waals surface area contributed by atoms with Crippen molar-refractivity contribution in [1.29, 1.82) is 0 Å². The summed E-state index contributed by atoms with van der Waals surface area (Å²) < 4.78 is 38.2. The first-order chi connectivity index (χ1) is 12.3. The van der Waals surface area contributed by atoms with Crippen LogP contribution in [0.25, 0.3) is 0 Å². The molecule has 0 spiro atoms. The van der Waals surface area contributed by atoms with Gasteiger partial charge in [-0.2, -0.15) is 0 Å². The summed E-state index contributed by atoms with van der Waals surface area (Å²) in [5.41, 5.74) is 1.31. The average molecular weight is 378 g/mol. The summed E-state index contributed by atoms with van der Waals surface area (Å²) in [7, 11) is -1.83. The second kappa shape index (κ2) is 8.91. The zero-order valence-electron chi connectivity index (χ0n) is 14.9. The number of nitrogens with zero attached hydrogens (tertiary/aromatic N) is 1. The largest absolute Gasteiger partial charge is 0.355 e. The van der Waals surface area contributed by atoms with Gasteiger partial charge in [0.05, 0.1) is 6.26 Å². The van der Waals surface area contributed by atoms with Crippen molar-refractivity contribution in [3.05, 3.63) is 71.5 Å².